The molecule has 0 aromatic carbocycles. The van der Waals surface area contributed by atoms with Crippen LogP contribution in [0.15, 0.2) is 24.7 Å². The highest BCUT2D eigenvalue weighted by molar-refractivity contribution is 5.01. The standard InChI is InChI=1S/C7H15N3/c1-5-6(2)10(8)7(3)9-4/h9H,2-3,5,8H2,1,4H3. The molecule has 0 heterocycles. The van der Waals surface area contributed by atoms with Crippen molar-refractivity contribution in [3.63, 3.8) is 0 Å². The first-order chi connectivity index (χ1) is 4.63. The van der Waals surface area contributed by atoms with Gasteiger partial charge in [0.25, 0.3) is 0 Å². The Morgan fingerprint density at radius 2 is 2.10 bits per heavy atom. The van der Waals surface area contributed by atoms with Crippen LogP contribution in [0.5, 0.6) is 0 Å². The van der Waals surface area contributed by atoms with Crippen LogP contribution in [0.2, 0.25) is 0 Å². The molecular weight excluding hydrogens is 126 g/mol. The van der Waals surface area contributed by atoms with Crippen LogP contribution in [0.25, 0.3) is 0 Å². The molecule has 0 saturated heterocycles. The summed E-state index contributed by atoms with van der Waals surface area (Å²) in [7, 11) is 1.77. The van der Waals surface area contributed by atoms with Crippen molar-refractivity contribution in [2.45, 2.75) is 13.3 Å². The molecule has 0 aromatic rings. The van der Waals surface area contributed by atoms with Gasteiger partial charge in [0.2, 0.25) is 0 Å². The molecule has 0 fully saturated rings. The van der Waals surface area contributed by atoms with Gasteiger partial charge < -0.3 is 5.32 Å². The number of hydrazine groups is 1. The summed E-state index contributed by atoms with van der Waals surface area (Å²) < 4.78 is 0. The summed E-state index contributed by atoms with van der Waals surface area (Å²) in [4.78, 5) is 0. The maximum absolute atomic E-state index is 5.55. The van der Waals surface area contributed by atoms with Crippen LogP contribution in [0.3, 0.4) is 0 Å². The van der Waals surface area contributed by atoms with Crippen molar-refractivity contribution < 1.29 is 0 Å². The van der Waals surface area contributed by atoms with E-state index < -0.39 is 0 Å². The van der Waals surface area contributed by atoms with Crippen molar-refractivity contribution in [3.8, 4) is 0 Å². The summed E-state index contributed by atoms with van der Waals surface area (Å²) in [5.74, 6) is 6.21. The molecule has 0 amide bonds. The molecule has 3 N–H and O–H groups in total. The zero-order valence-electron chi connectivity index (χ0n) is 6.65. The van der Waals surface area contributed by atoms with Gasteiger partial charge in [0.1, 0.15) is 5.82 Å². The van der Waals surface area contributed by atoms with E-state index in [9.17, 15) is 0 Å². The second-order valence-corrected chi connectivity index (χ2v) is 1.99. The van der Waals surface area contributed by atoms with Gasteiger partial charge in [-0.2, -0.15) is 0 Å². The average molecular weight is 141 g/mol. The largest absolute Gasteiger partial charge is 0.374 e. The van der Waals surface area contributed by atoms with E-state index in [0.717, 1.165) is 12.1 Å². The van der Waals surface area contributed by atoms with Crippen molar-refractivity contribution in [1.82, 2.24) is 10.3 Å². The number of rotatable bonds is 4. The summed E-state index contributed by atoms with van der Waals surface area (Å²) in [5.41, 5.74) is 0.847. The first kappa shape index (κ1) is 9.04. The van der Waals surface area contributed by atoms with Gasteiger partial charge in [0.05, 0.1) is 0 Å². The molecule has 0 aliphatic heterocycles. The predicted molar refractivity (Wildman–Crippen MR) is 43.7 cm³/mol. The fourth-order valence-corrected chi connectivity index (χ4v) is 0.482. The van der Waals surface area contributed by atoms with E-state index in [1.165, 1.54) is 5.01 Å². The normalized spacial score (nSPS) is 8.70. The van der Waals surface area contributed by atoms with Gasteiger partial charge in [-0.15, -0.1) is 0 Å². The second kappa shape index (κ2) is 3.95. The smallest absolute Gasteiger partial charge is 0.112 e. The highest BCUT2D eigenvalue weighted by Gasteiger charge is 2.01. The number of hydrogen-bond acceptors (Lipinski definition) is 3. The van der Waals surface area contributed by atoms with E-state index in [1.807, 2.05) is 6.92 Å². The lowest BCUT2D eigenvalue weighted by Gasteiger charge is -2.21. The number of allylic oxidation sites excluding steroid dienone is 1. The van der Waals surface area contributed by atoms with Gasteiger partial charge >= 0.3 is 0 Å². The van der Waals surface area contributed by atoms with Crippen molar-refractivity contribution in [2.24, 2.45) is 5.84 Å². The number of nitrogens with zero attached hydrogens (tertiary/aromatic N) is 1. The van der Waals surface area contributed by atoms with E-state index in [1.54, 1.807) is 7.05 Å². The molecule has 0 aromatic heterocycles. The van der Waals surface area contributed by atoms with E-state index in [0.29, 0.717) is 5.82 Å². The van der Waals surface area contributed by atoms with Crippen LogP contribution < -0.4 is 11.2 Å². The van der Waals surface area contributed by atoms with E-state index >= 15 is 0 Å². The molecule has 0 bridgehead atoms. The van der Waals surface area contributed by atoms with Gasteiger partial charge in [0, 0.05) is 12.7 Å². The summed E-state index contributed by atoms with van der Waals surface area (Å²) in [6, 6.07) is 0. The highest BCUT2D eigenvalue weighted by atomic mass is 15.5. The second-order valence-electron chi connectivity index (χ2n) is 1.99. The maximum Gasteiger partial charge on any atom is 0.112 e. The first-order valence-corrected chi connectivity index (χ1v) is 3.22. The molecule has 58 valence electrons. The molecule has 3 heteroatoms. The van der Waals surface area contributed by atoms with Crippen LogP contribution in [-0.2, 0) is 0 Å². The fourth-order valence-electron chi connectivity index (χ4n) is 0.482. The van der Waals surface area contributed by atoms with Crippen molar-refractivity contribution >= 4 is 0 Å². The minimum atomic E-state index is 0.659. The van der Waals surface area contributed by atoms with Gasteiger partial charge in [0.15, 0.2) is 0 Å². The SMILES string of the molecule is C=C(CC)N(N)C(=C)NC. The highest BCUT2D eigenvalue weighted by Crippen LogP contribution is 2.03. The van der Waals surface area contributed by atoms with Crippen LogP contribution in [0.4, 0.5) is 0 Å². The first-order valence-electron chi connectivity index (χ1n) is 3.22. The monoisotopic (exact) mass is 141 g/mol. The Bertz CT molecular complexity index is 124. The lowest BCUT2D eigenvalue weighted by molar-refractivity contribution is 0.412. The third-order valence-electron chi connectivity index (χ3n) is 1.33. The predicted octanol–water partition coefficient (Wildman–Crippen LogP) is 0.776. The molecule has 0 atom stereocenters. The van der Waals surface area contributed by atoms with Crippen molar-refractivity contribution in [3.05, 3.63) is 24.7 Å². The summed E-state index contributed by atoms with van der Waals surface area (Å²) >= 11 is 0. The number of nitrogens with one attached hydrogen (secondary N) is 1. The van der Waals surface area contributed by atoms with E-state index in [4.69, 9.17) is 5.84 Å². The summed E-state index contributed by atoms with van der Waals surface area (Å²) in [6.45, 7) is 9.40. The van der Waals surface area contributed by atoms with Gasteiger partial charge in [-0.05, 0) is 6.42 Å². The van der Waals surface area contributed by atoms with E-state index in [2.05, 4.69) is 18.5 Å². The molecule has 0 aliphatic rings. The lowest BCUT2D eigenvalue weighted by atomic mass is 10.4. The Hall–Kier alpha value is -0.960. The zero-order valence-corrected chi connectivity index (χ0v) is 6.65. The molecule has 0 radical (unpaired) electrons. The third-order valence-corrected chi connectivity index (χ3v) is 1.33. The molecule has 0 aliphatic carbocycles. The van der Waals surface area contributed by atoms with Crippen LogP contribution >= 0.6 is 0 Å². The molecule has 0 unspecified atom stereocenters. The Morgan fingerprint density at radius 3 is 2.40 bits per heavy atom. The van der Waals surface area contributed by atoms with Gasteiger partial charge in [-0.25, -0.2) is 5.84 Å². The van der Waals surface area contributed by atoms with Gasteiger partial charge in [-0.3, -0.25) is 5.01 Å². The fraction of sp³-hybridized carbons (Fsp3) is 0.429. The molecule has 0 rings (SSSR count). The third kappa shape index (κ3) is 2.11. The Labute approximate surface area is 62.2 Å². The minimum Gasteiger partial charge on any atom is -0.374 e. The molecule has 3 nitrogen and oxygen atoms in total. The van der Waals surface area contributed by atoms with Crippen LogP contribution in [-0.4, -0.2) is 12.1 Å². The average Bonchev–Trinajstić information content (AvgIpc) is 2.00. The summed E-state index contributed by atoms with van der Waals surface area (Å²) in [6.07, 6.45) is 0.831. The summed E-state index contributed by atoms with van der Waals surface area (Å²) in [5, 5.41) is 4.27. The zero-order chi connectivity index (χ0) is 8.15. The Balaban J connectivity index is 3.94. The topological polar surface area (TPSA) is 41.3 Å². The van der Waals surface area contributed by atoms with Gasteiger partial charge in [-0.1, -0.05) is 20.1 Å². The maximum atomic E-state index is 5.55. The van der Waals surface area contributed by atoms with Crippen molar-refractivity contribution in [2.75, 3.05) is 7.05 Å². The van der Waals surface area contributed by atoms with E-state index in [-0.39, 0.29) is 0 Å². The number of hydrogen-bond donors (Lipinski definition) is 2. The molecule has 0 saturated carbocycles. The quantitative estimate of drug-likeness (QED) is 0.449. The number of nitrogens with two attached hydrogens (primary N) is 1. The minimum absolute atomic E-state index is 0.659. The Morgan fingerprint density at radius 1 is 1.60 bits per heavy atom. The molecular formula is C7H15N3. The van der Waals surface area contributed by atoms with Crippen LogP contribution in [0, 0.1) is 0 Å². The molecule has 10 heavy (non-hydrogen) atoms. The van der Waals surface area contributed by atoms with Crippen LogP contribution in [0.1, 0.15) is 13.3 Å². The van der Waals surface area contributed by atoms with Crippen molar-refractivity contribution in [1.29, 1.82) is 0 Å². The lowest BCUT2D eigenvalue weighted by Crippen LogP contribution is -2.33. The Kier molecular flexibility index (Phi) is 3.57. The molecule has 0 spiro atoms.